The highest BCUT2D eigenvalue weighted by Gasteiger charge is 2.39. The van der Waals surface area contributed by atoms with E-state index in [1.54, 1.807) is 13.0 Å². The van der Waals surface area contributed by atoms with E-state index in [-0.39, 0.29) is 29.4 Å². The summed E-state index contributed by atoms with van der Waals surface area (Å²) in [5.74, 6) is 0.330. The van der Waals surface area contributed by atoms with Gasteiger partial charge in [0.25, 0.3) is 5.91 Å². The fraction of sp³-hybridized carbons (Fsp3) is 0.467. The van der Waals surface area contributed by atoms with Gasteiger partial charge in [0.1, 0.15) is 11.5 Å². The van der Waals surface area contributed by atoms with Gasteiger partial charge in [-0.3, -0.25) is 9.59 Å². The number of nitrogens with one attached hydrogen (secondary N) is 1. The summed E-state index contributed by atoms with van der Waals surface area (Å²) in [6.07, 6.45) is 0.990. The molecule has 2 rings (SSSR count). The van der Waals surface area contributed by atoms with Gasteiger partial charge < -0.3 is 14.8 Å². The molecule has 0 aromatic heterocycles. The molecule has 1 aliphatic heterocycles. The van der Waals surface area contributed by atoms with Gasteiger partial charge in [0.05, 0.1) is 29.7 Å². The van der Waals surface area contributed by atoms with Crippen LogP contribution >= 0.6 is 0 Å². The van der Waals surface area contributed by atoms with Gasteiger partial charge in [-0.25, -0.2) is 8.42 Å². The Bertz CT molecular complexity index is 715. The van der Waals surface area contributed by atoms with E-state index in [9.17, 15) is 18.0 Å². The van der Waals surface area contributed by atoms with E-state index in [0.717, 1.165) is 0 Å². The molecule has 1 atom stereocenters. The zero-order valence-corrected chi connectivity index (χ0v) is 13.8. The number of aldehydes is 1. The molecule has 0 saturated carbocycles. The molecule has 1 N–H and O–H groups in total. The van der Waals surface area contributed by atoms with Crippen LogP contribution in [0.1, 0.15) is 23.7 Å². The lowest BCUT2D eigenvalue weighted by Gasteiger charge is -2.23. The number of hydrogen-bond donors (Lipinski definition) is 1. The summed E-state index contributed by atoms with van der Waals surface area (Å²) in [6, 6.07) is 4.66. The van der Waals surface area contributed by atoms with Crippen LogP contribution in [0.5, 0.6) is 11.5 Å². The van der Waals surface area contributed by atoms with E-state index in [0.29, 0.717) is 18.5 Å². The summed E-state index contributed by atoms with van der Waals surface area (Å²) in [7, 11) is -1.62. The van der Waals surface area contributed by atoms with E-state index in [1.807, 2.05) is 0 Å². The van der Waals surface area contributed by atoms with Crippen LogP contribution in [0.25, 0.3) is 0 Å². The smallest absolute Gasteiger partial charge is 0.258 e. The molecule has 1 amide bonds. The third kappa shape index (κ3) is 4.44. The molecule has 8 heteroatoms. The van der Waals surface area contributed by atoms with Crippen LogP contribution in [0.3, 0.4) is 0 Å². The molecule has 1 heterocycles. The molecule has 1 fully saturated rings. The largest absolute Gasteiger partial charge is 0.497 e. The fourth-order valence-electron chi connectivity index (χ4n) is 2.50. The molecule has 1 aromatic rings. The third-order valence-electron chi connectivity index (χ3n) is 3.65. The molecular weight excluding hydrogens is 322 g/mol. The van der Waals surface area contributed by atoms with Crippen molar-refractivity contribution in [1.29, 1.82) is 0 Å². The van der Waals surface area contributed by atoms with Crippen LogP contribution in [0.4, 0.5) is 0 Å². The lowest BCUT2D eigenvalue weighted by atomic mass is 10.0. The van der Waals surface area contributed by atoms with E-state index in [2.05, 4.69) is 5.32 Å². The second-order valence-electron chi connectivity index (χ2n) is 5.76. The average Bonchev–Trinajstić information content (AvgIpc) is 2.78. The number of ether oxygens (including phenoxy) is 2. The number of methoxy groups -OCH3 is 1. The van der Waals surface area contributed by atoms with Crippen LogP contribution in [-0.4, -0.2) is 51.4 Å². The molecule has 126 valence electrons. The summed E-state index contributed by atoms with van der Waals surface area (Å²) in [4.78, 5) is 23.0. The Kier molecular flexibility index (Phi) is 4.93. The van der Waals surface area contributed by atoms with E-state index >= 15 is 0 Å². The van der Waals surface area contributed by atoms with Gasteiger partial charge in [-0.15, -0.1) is 0 Å². The average molecular weight is 341 g/mol. The van der Waals surface area contributed by atoms with Gasteiger partial charge in [0.2, 0.25) is 0 Å². The predicted octanol–water partition coefficient (Wildman–Crippen LogP) is 0.580. The second kappa shape index (κ2) is 6.57. The number of amides is 1. The van der Waals surface area contributed by atoms with Crippen molar-refractivity contribution in [1.82, 2.24) is 5.32 Å². The normalized spacial score (nSPS) is 22.3. The van der Waals surface area contributed by atoms with Crippen molar-refractivity contribution >= 4 is 22.0 Å². The lowest BCUT2D eigenvalue weighted by molar-refractivity contribution is -0.124. The Labute approximate surface area is 134 Å². The SMILES string of the molecule is COc1ccc(OCC(=O)N[C@]2(C)CCS(=O)(=O)C2)c(C=O)c1. The molecule has 0 radical (unpaired) electrons. The highest BCUT2D eigenvalue weighted by molar-refractivity contribution is 7.91. The first kappa shape index (κ1) is 17.3. The summed E-state index contributed by atoms with van der Waals surface area (Å²) in [6.45, 7) is 1.39. The van der Waals surface area contributed by atoms with Crippen LogP contribution in [0.15, 0.2) is 18.2 Å². The Balaban J connectivity index is 1.96. The minimum absolute atomic E-state index is 0.0679. The van der Waals surface area contributed by atoms with E-state index in [4.69, 9.17) is 9.47 Å². The summed E-state index contributed by atoms with van der Waals surface area (Å²) >= 11 is 0. The van der Waals surface area contributed by atoms with E-state index < -0.39 is 21.3 Å². The van der Waals surface area contributed by atoms with Crippen molar-refractivity contribution in [3.63, 3.8) is 0 Å². The molecule has 23 heavy (non-hydrogen) atoms. The lowest BCUT2D eigenvalue weighted by Crippen LogP contribution is -2.48. The first-order chi connectivity index (χ1) is 10.8. The zero-order valence-electron chi connectivity index (χ0n) is 13.0. The Morgan fingerprint density at radius 1 is 1.43 bits per heavy atom. The number of hydrogen-bond acceptors (Lipinski definition) is 6. The zero-order chi connectivity index (χ0) is 17.1. The van der Waals surface area contributed by atoms with Gasteiger partial charge in [-0.2, -0.15) is 0 Å². The van der Waals surface area contributed by atoms with Crippen LogP contribution < -0.4 is 14.8 Å². The number of rotatable bonds is 6. The van der Waals surface area contributed by atoms with Crippen LogP contribution in [-0.2, 0) is 14.6 Å². The molecule has 1 aliphatic rings. The predicted molar refractivity (Wildman–Crippen MR) is 83.7 cm³/mol. The maximum absolute atomic E-state index is 12.0. The molecule has 7 nitrogen and oxygen atoms in total. The summed E-state index contributed by atoms with van der Waals surface area (Å²) in [5, 5.41) is 2.69. The summed E-state index contributed by atoms with van der Waals surface area (Å²) < 4.78 is 33.4. The second-order valence-corrected chi connectivity index (χ2v) is 7.95. The van der Waals surface area contributed by atoms with Gasteiger partial charge in [0, 0.05) is 0 Å². The molecular formula is C15H19NO6S. The Morgan fingerprint density at radius 3 is 2.74 bits per heavy atom. The number of carbonyl (C=O) groups excluding carboxylic acids is 2. The quantitative estimate of drug-likeness (QED) is 0.760. The molecule has 1 aromatic carbocycles. The van der Waals surface area contributed by atoms with E-state index in [1.165, 1.54) is 19.2 Å². The van der Waals surface area contributed by atoms with Crippen molar-refractivity contribution < 1.29 is 27.5 Å². The topological polar surface area (TPSA) is 98.8 Å². The van der Waals surface area contributed by atoms with Crippen molar-refractivity contribution in [3.8, 4) is 11.5 Å². The molecule has 0 aliphatic carbocycles. The molecule has 0 unspecified atom stereocenters. The number of carbonyl (C=O) groups is 2. The molecule has 0 spiro atoms. The Morgan fingerprint density at radius 2 is 2.17 bits per heavy atom. The van der Waals surface area contributed by atoms with Crippen molar-refractivity contribution in [2.24, 2.45) is 0 Å². The third-order valence-corrected chi connectivity index (χ3v) is 5.55. The van der Waals surface area contributed by atoms with Crippen molar-refractivity contribution in [3.05, 3.63) is 23.8 Å². The van der Waals surface area contributed by atoms with Gasteiger partial charge in [-0.1, -0.05) is 0 Å². The maximum Gasteiger partial charge on any atom is 0.258 e. The van der Waals surface area contributed by atoms with Crippen molar-refractivity contribution in [2.45, 2.75) is 18.9 Å². The minimum Gasteiger partial charge on any atom is -0.497 e. The monoisotopic (exact) mass is 341 g/mol. The highest BCUT2D eigenvalue weighted by atomic mass is 32.2. The number of sulfone groups is 1. The molecule has 0 bridgehead atoms. The van der Waals surface area contributed by atoms with Gasteiger partial charge in [-0.05, 0) is 31.5 Å². The van der Waals surface area contributed by atoms with Crippen LogP contribution in [0.2, 0.25) is 0 Å². The maximum atomic E-state index is 12.0. The first-order valence-corrected chi connectivity index (χ1v) is 8.86. The molecule has 1 saturated heterocycles. The highest BCUT2D eigenvalue weighted by Crippen LogP contribution is 2.24. The van der Waals surface area contributed by atoms with Crippen LogP contribution in [0, 0.1) is 0 Å². The minimum atomic E-state index is -3.10. The fourth-order valence-corrected chi connectivity index (χ4v) is 4.60. The number of benzene rings is 1. The standard InChI is InChI=1S/C15H19NO6S/c1-15(5-6-23(19,20)10-15)16-14(18)9-22-13-4-3-12(21-2)7-11(13)8-17/h3-4,7-8H,5-6,9-10H2,1-2H3,(H,16,18)/t15-/m1/s1. The van der Waals surface area contributed by atoms with Crippen molar-refractivity contribution in [2.75, 3.05) is 25.2 Å². The van der Waals surface area contributed by atoms with Gasteiger partial charge >= 0.3 is 0 Å². The Hall–Kier alpha value is -2.09. The first-order valence-electron chi connectivity index (χ1n) is 7.04. The van der Waals surface area contributed by atoms with Gasteiger partial charge in [0.15, 0.2) is 22.7 Å². The summed E-state index contributed by atoms with van der Waals surface area (Å²) in [5.41, 5.74) is -0.501.